The molecule has 2 heteroatoms. The molecular formula is C18H21NS. The molecule has 1 nitrogen and oxygen atoms in total. The zero-order chi connectivity index (χ0) is 14.1. The van der Waals surface area contributed by atoms with Gasteiger partial charge in [0, 0.05) is 11.7 Å². The second-order valence-corrected chi connectivity index (χ2v) is 6.68. The van der Waals surface area contributed by atoms with Gasteiger partial charge in [-0.25, -0.2) is 0 Å². The summed E-state index contributed by atoms with van der Waals surface area (Å²) in [5.74, 6) is 1.12. The van der Waals surface area contributed by atoms with E-state index in [1.807, 2.05) is 6.20 Å². The maximum absolute atomic E-state index is 3.42. The summed E-state index contributed by atoms with van der Waals surface area (Å²) in [5.41, 5.74) is 5.73. The molecule has 1 N–H and O–H groups in total. The van der Waals surface area contributed by atoms with Crippen LogP contribution in [0.3, 0.4) is 0 Å². The summed E-state index contributed by atoms with van der Waals surface area (Å²) < 4.78 is 0. The maximum Gasteiger partial charge on any atom is 0.0491 e. The number of thiophene rings is 1. The number of rotatable bonds is 4. The van der Waals surface area contributed by atoms with Crippen LogP contribution in [0.4, 0.5) is 0 Å². The van der Waals surface area contributed by atoms with E-state index in [1.165, 1.54) is 27.6 Å². The highest BCUT2D eigenvalue weighted by Gasteiger charge is 2.15. The second kappa shape index (κ2) is 5.45. The highest BCUT2D eigenvalue weighted by Crippen LogP contribution is 2.32. The average Bonchev–Trinajstić information content (AvgIpc) is 3.08. The minimum Gasteiger partial charge on any atom is -0.361 e. The van der Waals surface area contributed by atoms with Crippen molar-refractivity contribution in [1.29, 1.82) is 0 Å². The van der Waals surface area contributed by atoms with Gasteiger partial charge in [0.05, 0.1) is 0 Å². The highest BCUT2D eigenvalue weighted by atomic mass is 32.1. The van der Waals surface area contributed by atoms with E-state index in [0.29, 0.717) is 11.8 Å². The van der Waals surface area contributed by atoms with E-state index in [2.05, 4.69) is 60.8 Å². The van der Waals surface area contributed by atoms with Crippen LogP contribution in [0.2, 0.25) is 0 Å². The zero-order valence-corrected chi connectivity index (χ0v) is 13.1. The molecule has 1 unspecified atom stereocenters. The van der Waals surface area contributed by atoms with Crippen molar-refractivity contribution in [2.45, 2.75) is 39.0 Å². The van der Waals surface area contributed by atoms with Crippen molar-refractivity contribution in [1.82, 2.24) is 4.98 Å². The van der Waals surface area contributed by atoms with E-state index >= 15 is 0 Å². The van der Waals surface area contributed by atoms with Crippen LogP contribution in [0.25, 0.3) is 10.9 Å². The molecule has 0 bridgehead atoms. The van der Waals surface area contributed by atoms with Crippen LogP contribution in [-0.4, -0.2) is 4.98 Å². The number of aromatic nitrogens is 1. The summed E-state index contributed by atoms with van der Waals surface area (Å²) in [6.45, 7) is 6.90. The predicted octanol–water partition coefficient (Wildman–Crippen LogP) is 5.70. The number of H-pyrrole nitrogens is 1. The van der Waals surface area contributed by atoms with Crippen LogP contribution in [0.15, 0.2) is 41.2 Å². The van der Waals surface area contributed by atoms with E-state index in [9.17, 15) is 0 Å². The molecule has 0 saturated carbocycles. The van der Waals surface area contributed by atoms with Crippen molar-refractivity contribution in [3.8, 4) is 0 Å². The first-order chi connectivity index (χ1) is 9.66. The van der Waals surface area contributed by atoms with Crippen molar-refractivity contribution in [2.24, 2.45) is 0 Å². The normalized spacial score (nSPS) is 13.2. The number of hydrogen-bond donors (Lipinski definition) is 1. The lowest BCUT2D eigenvalue weighted by Gasteiger charge is -2.17. The summed E-state index contributed by atoms with van der Waals surface area (Å²) in [7, 11) is 0. The lowest BCUT2D eigenvalue weighted by Crippen LogP contribution is -2.03. The Morgan fingerprint density at radius 1 is 1.10 bits per heavy atom. The van der Waals surface area contributed by atoms with Gasteiger partial charge in [0.2, 0.25) is 0 Å². The Morgan fingerprint density at radius 2 is 1.95 bits per heavy atom. The number of hydrogen-bond acceptors (Lipinski definition) is 1. The van der Waals surface area contributed by atoms with E-state index in [-0.39, 0.29) is 0 Å². The van der Waals surface area contributed by atoms with Crippen molar-refractivity contribution in [3.63, 3.8) is 0 Å². The van der Waals surface area contributed by atoms with Gasteiger partial charge in [-0.05, 0) is 63.2 Å². The molecule has 3 rings (SSSR count). The summed E-state index contributed by atoms with van der Waals surface area (Å²) in [4.78, 5) is 3.42. The Kier molecular flexibility index (Phi) is 3.66. The molecule has 20 heavy (non-hydrogen) atoms. The molecule has 0 aliphatic rings. The van der Waals surface area contributed by atoms with Gasteiger partial charge in [0.15, 0.2) is 0 Å². The first-order valence-corrected chi connectivity index (χ1v) is 8.22. The van der Waals surface area contributed by atoms with E-state index < -0.39 is 0 Å². The molecule has 3 aromatic rings. The average molecular weight is 283 g/mol. The first kappa shape index (κ1) is 13.4. The Labute approximate surface area is 124 Å². The van der Waals surface area contributed by atoms with Gasteiger partial charge >= 0.3 is 0 Å². The fraction of sp³-hybridized carbons (Fsp3) is 0.333. The highest BCUT2D eigenvalue weighted by molar-refractivity contribution is 7.07. The minimum absolute atomic E-state index is 0.544. The quantitative estimate of drug-likeness (QED) is 0.632. The van der Waals surface area contributed by atoms with Gasteiger partial charge in [-0.15, -0.1) is 0 Å². The monoisotopic (exact) mass is 283 g/mol. The van der Waals surface area contributed by atoms with Crippen molar-refractivity contribution < 1.29 is 0 Å². The SMILES string of the molecule is CC(C)c1c(CC(C)c2ccsc2)ccc2cc[nH]c12. The molecule has 0 radical (unpaired) electrons. The number of benzene rings is 1. The van der Waals surface area contributed by atoms with E-state index in [4.69, 9.17) is 0 Å². The van der Waals surface area contributed by atoms with Gasteiger partial charge in [-0.1, -0.05) is 32.9 Å². The van der Waals surface area contributed by atoms with Crippen LogP contribution < -0.4 is 0 Å². The van der Waals surface area contributed by atoms with E-state index in [1.54, 1.807) is 11.3 Å². The van der Waals surface area contributed by atoms with Gasteiger partial charge in [0.1, 0.15) is 0 Å². The molecule has 0 fully saturated rings. The standard InChI is InChI=1S/C18H21NS/c1-12(2)17-15(5-4-14-6-8-19-18(14)17)10-13(3)16-7-9-20-11-16/h4-9,11-13,19H,10H2,1-3H3. The molecule has 104 valence electrons. The van der Waals surface area contributed by atoms with Crippen LogP contribution in [0.5, 0.6) is 0 Å². The van der Waals surface area contributed by atoms with Gasteiger partial charge < -0.3 is 4.98 Å². The topological polar surface area (TPSA) is 15.8 Å². The summed E-state index contributed by atoms with van der Waals surface area (Å²) in [6, 6.07) is 8.96. The number of aromatic amines is 1. The maximum atomic E-state index is 3.42. The number of fused-ring (bicyclic) bond motifs is 1. The Morgan fingerprint density at radius 3 is 2.65 bits per heavy atom. The van der Waals surface area contributed by atoms with E-state index in [0.717, 1.165) is 6.42 Å². The Balaban J connectivity index is 2.00. The molecule has 0 saturated heterocycles. The molecule has 1 aromatic carbocycles. The molecule has 2 aromatic heterocycles. The lowest BCUT2D eigenvalue weighted by molar-refractivity contribution is 0.742. The predicted molar refractivity (Wildman–Crippen MR) is 88.8 cm³/mol. The van der Waals surface area contributed by atoms with Crippen molar-refractivity contribution in [2.75, 3.05) is 0 Å². The second-order valence-electron chi connectivity index (χ2n) is 5.90. The van der Waals surface area contributed by atoms with Crippen LogP contribution in [0, 0.1) is 0 Å². The Bertz CT molecular complexity index is 691. The molecule has 2 heterocycles. The van der Waals surface area contributed by atoms with Crippen LogP contribution in [0.1, 0.15) is 49.3 Å². The molecule has 0 amide bonds. The third-order valence-electron chi connectivity index (χ3n) is 4.07. The molecule has 0 aliphatic heterocycles. The fourth-order valence-electron chi connectivity index (χ4n) is 3.03. The Hall–Kier alpha value is -1.54. The smallest absolute Gasteiger partial charge is 0.0491 e. The summed E-state index contributed by atoms with van der Waals surface area (Å²) in [5, 5.41) is 5.76. The summed E-state index contributed by atoms with van der Waals surface area (Å²) in [6.07, 6.45) is 3.15. The third-order valence-corrected chi connectivity index (χ3v) is 4.78. The van der Waals surface area contributed by atoms with Gasteiger partial charge in [0.25, 0.3) is 0 Å². The number of nitrogens with one attached hydrogen (secondary N) is 1. The zero-order valence-electron chi connectivity index (χ0n) is 12.3. The minimum atomic E-state index is 0.544. The van der Waals surface area contributed by atoms with Crippen molar-refractivity contribution in [3.05, 3.63) is 57.9 Å². The van der Waals surface area contributed by atoms with Crippen LogP contribution >= 0.6 is 11.3 Å². The molecular weight excluding hydrogens is 262 g/mol. The fourth-order valence-corrected chi connectivity index (χ4v) is 3.82. The third kappa shape index (κ3) is 2.40. The van der Waals surface area contributed by atoms with Crippen molar-refractivity contribution >= 4 is 22.2 Å². The van der Waals surface area contributed by atoms with Crippen LogP contribution in [-0.2, 0) is 6.42 Å². The first-order valence-electron chi connectivity index (χ1n) is 7.27. The van der Waals surface area contributed by atoms with Gasteiger partial charge in [-0.2, -0.15) is 11.3 Å². The molecule has 1 atom stereocenters. The largest absolute Gasteiger partial charge is 0.361 e. The molecule has 0 spiro atoms. The molecule has 0 aliphatic carbocycles. The lowest BCUT2D eigenvalue weighted by atomic mass is 9.88. The summed E-state index contributed by atoms with van der Waals surface area (Å²) >= 11 is 1.79. The van der Waals surface area contributed by atoms with Gasteiger partial charge in [-0.3, -0.25) is 0 Å².